The molecule has 1 N–H and O–H groups in total. The van der Waals surface area contributed by atoms with Crippen molar-refractivity contribution in [1.29, 1.82) is 0 Å². The molecular weight excluding hydrogens is 558 g/mol. The van der Waals surface area contributed by atoms with Crippen LogP contribution in [0, 0.1) is 17.3 Å². The molecule has 7 nitrogen and oxygen atoms in total. The first-order valence-electron chi connectivity index (χ1n) is 13.0. The fraction of sp³-hybridized carbons (Fsp3) is 0.556. The maximum atomic E-state index is 14.4. The van der Waals surface area contributed by atoms with Crippen LogP contribution in [0.4, 0.5) is 13.2 Å². The van der Waals surface area contributed by atoms with Crippen molar-refractivity contribution < 1.29 is 32.7 Å². The molecule has 1 aromatic heterocycles. The topological polar surface area (TPSA) is 92.5 Å². The summed E-state index contributed by atoms with van der Waals surface area (Å²) in [6.07, 6.45) is 0.845. The van der Waals surface area contributed by atoms with Crippen LogP contribution in [0.1, 0.15) is 83.8 Å². The maximum absolute atomic E-state index is 14.4. The average Bonchev–Trinajstić information content (AvgIpc) is 3.51. The Balaban J connectivity index is 1.43. The monoisotopic (exact) mass is 585 g/mol. The molecular formula is C27H28Cl2F3N3O4. The number of halogens is 5. The van der Waals surface area contributed by atoms with Crippen LogP contribution in [0.3, 0.4) is 0 Å². The molecule has 1 aromatic carbocycles. The van der Waals surface area contributed by atoms with E-state index < -0.39 is 53.6 Å². The number of Topliss-reactive ketones (excluding diaryl/α,β-unsaturated/α-hetero) is 1. The van der Waals surface area contributed by atoms with Gasteiger partial charge in [0.05, 0.1) is 45.9 Å². The summed E-state index contributed by atoms with van der Waals surface area (Å²) < 4.78 is 44.0. The number of aliphatic carboxylic acids is 1. The Kier molecular flexibility index (Phi) is 7.47. The highest BCUT2D eigenvalue weighted by molar-refractivity contribution is 6.40. The van der Waals surface area contributed by atoms with E-state index in [0.29, 0.717) is 5.41 Å². The van der Waals surface area contributed by atoms with E-state index in [0.717, 1.165) is 36.6 Å². The van der Waals surface area contributed by atoms with Crippen molar-refractivity contribution in [2.75, 3.05) is 13.1 Å². The Morgan fingerprint density at radius 3 is 2.23 bits per heavy atom. The molecule has 39 heavy (non-hydrogen) atoms. The molecule has 5 rings (SSSR count). The summed E-state index contributed by atoms with van der Waals surface area (Å²) in [6, 6.07) is 3.86. The Morgan fingerprint density at radius 1 is 1.08 bits per heavy atom. The van der Waals surface area contributed by atoms with Crippen LogP contribution >= 0.6 is 23.2 Å². The van der Waals surface area contributed by atoms with E-state index in [1.54, 1.807) is 6.07 Å². The Hall–Kier alpha value is -2.59. The molecule has 2 aromatic rings. The number of amides is 1. The molecule has 210 valence electrons. The fourth-order valence-corrected chi connectivity index (χ4v) is 6.85. The third kappa shape index (κ3) is 5.68. The number of alkyl halides is 3. The zero-order chi connectivity index (χ0) is 28.1. The lowest BCUT2D eigenvalue weighted by Gasteiger charge is -2.39. The van der Waals surface area contributed by atoms with E-state index in [9.17, 15) is 32.7 Å². The van der Waals surface area contributed by atoms with Crippen LogP contribution in [0.15, 0.2) is 24.4 Å². The zero-order valence-electron chi connectivity index (χ0n) is 21.0. The van der Waals surface area contributed by atoms with Gasteiger partial charge in [-0.2, -0.15) is 18.3 Å². The Bertz CT molecular complexity index is 1270. The Morgan fingerprint density at radius 2 is 1.69 bits per heavy atom. The van der Waals surface area contributed by atoms with Gasteiger partial charge in [0.2, 0.25) is 0 Å². The predicted molar refractivity (Wildman–Crippen MR) is 137 cm³/mol. The van der Waals surface area contributed by atoms with Crippen molar-refractivity contribution in [2.45, 2.75) is 63.6 Å². The molecule has 1 amide bonds. The minimum Gasteiger partial charge on any atom is -0.481 e. The molecule has 1 spiro atoms. The van der Waals surface area contributed by atoms with Crippen LogP contribution in [-0.2, 0) is 11.0 Å². The van der Waals surface area contributed by atoms with Gasteiger partial charge in [-0.3, -0.25) is 19.1 Å². The van der Waals surface area contributed by atoms with Gasteiger partial charge in [0.15, 0.2) is 11.5 Å². The number of ketones is 1. The number of benzene rings is 1. The Labute approximate surface area is 233 Å². The fourth-order valence-electron chi connectivity index (χ4n) is 6.24. The van der Waals surface area contributed by atoms with E-state index in [-0.39, 0.29) is 53.8 Å². The van der Waals surface area contributed by atoms with Gasteiger partial charge < -0.3 is 10.0 Å². The number of carbonyl (C=O) groups excluding carboxylic acids is 2. The summed E-state index contributed by atoms with van der Waals surface area (Å²) in [5, 5.41) is 13.4. The molecule has 1 heterocycles. The summed E-state index contributed by atoms with van der Waals surface area (Å²) >= 11 is 12.4. The first-order valence-corrected chi connectivity index (χ1v) is 13.8. The van der Waals surface area contributed by atoms with Crippen LogP contribution in [0.5, 0.6) is 0 Å². The van der Waals surface area contributed by atoms with E-state index in [1.165, 1.54) is 17.0 Å². The van der Waals surface area contributed by atoms with Crippen molar-refractivity contribution in [3.8, 4) is 0 Å². The van der Waals surface area contributed by atoms with Crippen LogP contribution < -0.4 is 0 Å². The standard InChI is InChI=1S/C27H28Cl2F3N3O4/c28-19-2-1-3-20(29)22(19)21(36)14-34(13-15-10-26(11-15)8-9-26)24(37)18-12-33-35(23(18)27(30,31)32)17-6-4-16(5-7-17)25(38)39/h1-3,12,15-17H,4-11,13-14H2,(H,38,39). The zero-order valence-corrected chi connectivity index (χ0v) is 22.5. The van der Waals surface area contributed by atoms with Gasteiger partial charge >= 0.3 is 12.1 Å². The molecule has 0 saturated heterocycles. The molecule has 3 aliphatic rings. The second-order valence-corrected chi connectivity index (χ2v) is 12.0. The number of hydrogen-bond donors (Lipinski definition) is 1. The van der Waals surface area contributed by atoms with Gasteiger partial charge in [0.1, 0.15) is 0 Å². The summed E-state index contributed by atoms with van der Waals surface area (Å²) in [4.78, 5) is 39.4. The van der Waals surface area contributed by atoms with E-state index in [1.807, 2.05) is 0 Å². The number of nitrogens with zero attached hydrogens (tertiary/aromatic N) is 3. The van der Waals surface area contributed by atoms with Crippen molar-refractivity contribution in [3.63, 3.8) is 0 Å². The van der Waals surface area contributed by atoms with E-state index >= 15 is 0 Å². The highest BCUT2D eigenvalue weighted by Crippen LogP contribution is 2.63. The minimum atomic E-state index is -4.89. The maximum Gasteiger partial charge on any atom is 0.433 e. The predicted octanol–water partition coefficient (Wildman–Crippen LogP) is 6.54. The number of carboxylic acid groups (broad SMARTS) is 1. The van der Waals surface area contributed by atoms with E-state index in [4.69, 9.17) is 23.2 Å². The minimum absolute atomic E-state index is 0.0211. The summed E-state index contributed by atoms with van der Waals surface area (Å²) in [6.45, 7) is -0.335. The van der Waals surface area contributed by atoms with Crippen LogP contribution in [0.25, 0.3) is 0 Å². The van der Waals surface area contributed by atoms with Crippen molar-refractivity contribution >= 4 is 40.9 Å². The van der Waals surface area contributed by atoms with E-state index in [2.05, 4.69) is 5.10 Å². The van der Waals surface area contributed by atoms with Gasteiger partial charge in [-0.1, -0.05) is 29.3 Å². The third-order valence-electron chi connectivity index (χ3n) is 8.43. The van der Waals surface area contributed by atoms with Crippen molar-refractivity contribution in [3.05, 3.63) is 51.3 Å². The molecule has 0 atom stereocenters. The van der Waals surface area contributed by atoms with Crippen molar-refractivity contribution in [2.24, 2.45) is 17.3 Å². The third-order valence-corrected chi connectivity index (χ3v) is 9.06. The van der Waals surface area contributed by atoms with Gasteiger partial charge in [-0.25, -0.2) is 0 Å². The summed E-state index contributed by atoms with van der Waals surface area (Å²) in [5.74, 6) is -2.98. The lowest BCUT2D eigenvalue weighted by molar-refractivity contribution is -0.147. The molecule has 12 heteroatoms. The number of aromatic nitrogens is 2. The summed E-state index contributed by atoms with van der Waals surface area (Å²) in [5.41, 5.74) is -1.48. The molecule has 0 aliphatic heterocycles. The van der Waals surface area contributed by atoms with Crippen molar-refractivity contribution in [1.82, 2.24) is 14.7 Å². The van der Waals surface area contributed by atoms with Gasteiger partial charge in [-0.05, 0) is 74.8 Å². The lowest BCUT2D eigenvalue weighted by Crippen LogP contribution is -2.43. The highest BCUT2D eigenvalue weighted by Gasteiger charge is 2.53. The summed E-state index contributed by atoms with van der Waals surface area (Å²) in [7, 11) is 0. The molecule has 3 saturated carbocycles. The highest BCUT2D eigenvalue weighted by atomic mass is 35.5. The SMILES string of the molecule is O=C(CN(CC1CC2(CC2)C1)C(=O)c1cnn(C2CCC(C(=O)O)CC2)c1C(F)(F)F)c1c(Cl)cccc1Cl. The molecule has 3 aliphatic carbocycles. The first-order chi connectivity index (χ1) is 18.4. The van der Waals surface area contributed by atoms with Crippen LogP contribution in [0.2, 0.25) is 10.0 Å². The van der Waals surface area contributed by atoms with Gasteiger partial charge in [0, 0.05) is 6.54 Å². The number of carboxylic acids is 1. The van der Waals surface area contributed by atoms with Gasteiger partial charge in [0.25, 0.3) is 5.91 Å². The average molecular weight is 586 g/mol. The second-order valence-electron chi connectivity index (χ2n) is 11.2. The molecule has 0 bridgehead atoms. The smallest absolute Gasteiger partial charge is 0.433 e. The molecule has 0 radical (unpaired) electrons. The van der Waals surface area contributed by atoms with Gasteiger partial charge in [-0.15, -0.1) is 0 Å². The quantitative estimate of drug-likeness (QED) is 0.355. The molecule has 0 unspecified atom stereocenters. The van der Waals surface area contributed by atoms with Crippen LogP contribution in [-0.4, -0.2) is 50.5 Å². The number of rotatable bonds is 8. The number of carbonyl (C=O) groups is 3. The molecule has 3 fully saturated rings. The largest absolute Gasteiger partial charge is 0.481 e. The normalized spacial score (nSPS) is 22.4. The second kappa shape index (κ2) is 10.4. The number of hydrogen-bond acceptors (Lipinski definition) is 4. The first kappa shape index (κ1) is 28.0. The lowest BCUT2D eigenvalue weighted by atomic mass is 9.71.